The average Bonchev–Trinajstić information content (AvgIpc) is 2.52. The molecule has 2 rings (SSSR count). The van der Waals surface area contributed by atoms with Crippen LogP contribution in [0.3, 0.4) is 0 Å². The molecule has 0 spiro atoms. The second-order valence-electron chi connectivity index (χ2n) is 10.9. The standard InChI is InChI=1S/C22H37FSi4/c1-24(2,3)22(25(4,5)6,26(7,8)9)27(23,20-16-12-10-13-17-20)21-18-14-11-15-19-21/h10-19H,1-9H3. The first-order valence-electron chi connectivity index (χ1n) is 10.0. The molecule has 0 saturated heterocycles. The van der Waals surface area contributed by atoms with Crippen molar-refractivity contribution in [3.63, 3.8) is 0 Å². The number of halogens is 1. The third-order valence-corrected chi connectivity index (χ3v) is 39.6. The Hall–Kier alpha value is -0.762. The van der Waals surface area contributed by atoms with Crippen molar-refractivity contribution in [2.45, 2.75) is 62.8 Å². The zero-order chi connectivity index (χ0) is 20.7. The normalized spacial score (nSPS) is 14.3. The summed E-state index contributed by atoms with van der Waals surface area (Å²) in [6, 6.07) is 20.5. The molecular weight excluding hydrogens is 396 g/mol. The van der Waals surface area contributed by atoms with Crippen molar-refractivity contribution in [1.82, 2.24) is 0 Å². The highest BCUT2D eigenvalue weighted by Gasteiger charge is 2.73. The van der Waals surface area contributed by atoms with Gasteiger partial charge in [0.15, 0.2) is 0 Å². The quantitative estimate of drug-likeness (QED) is 0.383. The molecule has 0 atom stereocenters. The minimum absolute atomic E-state index is 0.136. The lowest BCUT2D eigenvalue weighted by Gasteiger charge is -2.64. The van der Waals surface area contributed by atoms with Crippen LogP contribution in [0.1, 0.15) is 0 Å². The lowest BCUT2D eigenvalue weighted by Crippen LogP contribution is -2.82. The first kappa shape index (κ1) is 22.5. The van der Waals surface area contributed by atoms with Gasteiger partial charge in [0.1, 0.15) is 0 Å². The first-order valence-corrected chi connectivity index (χ1v) is 22.4. The summed E-state index contributed by atoms with van der Waals surface area (Å²) < 4.78 is 18.2. The molecule has 0 unspecified atom stereocenters. The summed E-state index contributed by atoms with van der Waals surface area (Å²) >= 11 is 0. The van der Waals surface area contributed by atoms with Crippen LogP contribution in [-0.2, 0) is 0 Å². The second kappa shape index (κ2) is 7.24. The van der Waals surface area contributed by atoms with E-state index in [0.717, 1.165) is 10.4 Å². The number of rotatable bonds is 6. The molecular formula is C22H37FSi4. The maximum absolute atomic E-state index is 18.3. The Bertz CT molecular complexity index is 677. The predicted octanol–water partition coefficient (Wildman–Crippen LogP) is 6.09. The van der Waals surface area contributed by atoms with E-state index >= 15 is 4.11 Å². The summed E-state index contributed by atoms with van der Waals surface area (Å²) in [6.45, 7) is 22.0. The Labute approximate surface area is 170 Å². The third-order valence-electron chi connectivity index (χ3n) is 6.23. The van der Waals surface area contributed by atoms with Gasteiger partial charge in [0, 0.05) is 24.2 Å². The van der Waals surface area contributed by atoms with Gasteiger partial charge in [-0.05, 0) is 14.3 Å². The van der Waals surface area contributed by atoms with Crippen molar-refractivity contribution in [2.24, 2.45) is 0 Å². The van der Waals surface area contributed by atoms with E-state index in [1.54, 1.807) is 0 Å². The topological polar surface area (TPSA) is 0 Å². The maximum atomic E-state index is 18.3. The van der Waals surface area contributed by atoms with Crippen LogP contribution >= 0.6 is 0 Å². The zero-order valence-electron chi connectivity index (χ0n) is 18.7. The van der Waals surface area contributed by atoms with Crippen LogP contribution in [-0.4, -0.2) is 32.6 Å². The molecule has 2 aromatic carbocycles. The molecule has 27 heavy (non-hydrogen) atoms. The highest BCUT2D eigenvalue weighted by Crippen LogP contribution is 2.59. The lowest BCUT2D eigenvalue weighted by molar-refractivity contribution is 0.798. The molecule has 0 aliphatic heterocycles. The molecule has 148 valence electrons. The van der Waals surface area contributed by atoms with Crippen LogP contribution in [0.25, 0.3) is 0 Å². The van der Waals surface area contributed by atoms with Crippen LogP contribution in [0.2, 0.25) is 62.8 Å². The molecule has 5 heteroatoms. The van der Waals surface area contributed by atoms with Crippen molar-refractivity contribution in [3.05, 3.63) is 60.7 Å². The first-order chi connectivity index (χ1) is 12.2. The van der Waals surface area contributed by atoms with Gasteiger partial charge in [-0.2, -0.15) is 0 Å². The van der Waals surface area contributed by atoms with Crippen LogP contribution < -0.4 is 10.4 Å². The summed E-state index contributed by atoms with van der Waals surface area (Å²) in [4.78, 5) is 0. The molecule has 0 N–H and O–H groups in total. The van der Waals surface area contributed by atoms with E-state index in [4.69, 9.17) is 0 Å². The fourth-order valence-electron chi connectivity index (χ4n) is 6.86. The van der Waals surface area contributed by atoms with Crippen LogP contribution in [0, 0.1) is 0 Å². The Kier molecular flexibility index (Phi) is 6.04. The molecule has 0 aromatic heterocycles. The molecule has 0 amide bonds. The fourth-order valence-corrected chi connectivity index (χ4v) is 51.4. The van der Waals surface area contributed by atoms with Crippen molar-refractivity contribution < 1.29 is 4.11 Å². The molecule has 0 radical (unpaired) electrons. The monoisotopic (exact) mass is 432 g/mol. The van der Waals surface area contributed by atoms with E-state index in [2.05, 4.69) is 83.2 Å². The summed E-state index contributed by atoms with van der Waals surface area (Å²) in [7, 11) is -9.20. The van der Waals surface area contributed by atoms with Crippen LogP contribution in [0.15, 0.2) is 60.7 Å². The van der Waals surface area contributed by atoms with E-state index in [1.807, 2.05) is 36.4 Å². The van der Waals surface area contributed by atoms with E-state index in [1.165, 1.54) is 0 Å². The highest BCUT2D eigenvalue weighted by molar-refractivity contribution is 7.33. The zero-order valence-corrected chi connectivity index (χ0v) is 22.7. The molecule has 0 nitrogen and oxygen atoms in total. The van der Waals surface area contributed by atoms with Gasteiger partial charge in [-0.15, -0.1) is 0 Å². The SMILES string of the molecule is C[Si](C)(C)C([Si](C)(C)C)([Si](C)(C)C)[Si](F)(c1ccccc1)c1ccccc1. The van der Waals surface area contributed by atoms with Gasteiger partial charge in [-0.1, -0.05) is 120 Å². The van der Waals surface area contributed by atoms with E-state index < -0.39 is 32.6 Å². The van der Waals surface area contributed by atoms with E-state index in [-0.39, 0.29) is 3.91 Å². The summed E-state index contributed by atoms with van der Waals surface area (Å²) in [5.41, 5.74) is 0. The second-order valence-corrected chi connectivity index (χ2v) is 32.9. The fraction of sp³-hybridized carbons (Fsp3) is 0.455. The van der Waals surface area contributed by atoms with E-state index in [0.29, 0.717) is 0 Å². The van der Waals surface area contributed by atoms with Gasteiger partial charge in [0.25, 0.3) is 0 Å². The lowest BCUT2D eigenvalue weighted by atomic mass is 10.4. The number of hydrogen-bond acceptors (Lipinski definition) is 0. The Morgan fingerprint density at radius 3 is 1.00 bits per heavy atom. The van der Waals surface area contributed by atoms with Gasteiger partial charge in [-0.25, -0.2) is 0 Å². The molecule has 0 bridgehead atoms. The van der Waals surface area contributed by atoms with Gasteiger partial charge >= 0.3 is 8.41 Å². The van der Waals surface area contributed by atoms with Gasteiger partial charge in [0.05, 0.1) is 0 Å². The number of benzene rings is 2. The Morgan fingerprint density at radius 2 is 0.778 bits per heavy atom. The van der Waals surface area contributed by atoms with E-state index in [9.17, 15) is 0 Å². The van der Waals surface area contributed by atoms with Crippen molar-refractivity contribution >= 4 is 43.0 Å². The average molecular weight is 433 g/mol. The van der Waals surface area contributed by atoms with Gasteiger partial charge in [-0.3, -0.25) is 0 Å². The molecule has 0 heterocycles. The summed E-state index contributed by atoms with van der Waals surface area (Å²) in [6.07, 6.45) is 0. The minimum atomic E-state index is -3.50. The molecule has 0 aliphatic carbocycles. The third kappa shape index (κ3) is 3.41. The molecule has 0 aliphatic rings. The van der Waals surface area contributed by atoms with Gasteiger partial charge < -0.3 is 4.11 Å². The largest absolute Gasteiger partial charge is 0.306 e. The maximum Gasteiger partial charge on any atom is 0.306 e. The molecule has 0 fully saturated rings. The van der Waals surface area contributed by atoms with Crippen molar-refractivity contribution in [1.29, 1.82) is 0 Å². The van der Waals surface area contributed by atoms with Crippen LogP contribution in [0.5, 0.6) is 0 Å². The highest BCUT2D eigenvalue weighted by atomic mass is 28.5. The Balaban J connectivity index is 3.11. The van der Waals surface area contributed by atoms with Crippen LogP contribution in [0.4, 0.5) is 4.11 Å². The predicted molar refractivity (Wildman–Crippen MR) is 132 cm³/mol. The minimum Gasteiger partial charge on any atom is -0.302 e. The van der Waals surface area contributed by atoms with Crippen molar-refractivity contribution in [3.8, 4) is 0 Å². The molecule has 2 aromatic rings. The van der Waals surface area contributed by atoms with Gasteiger partial charge in [0.2, 0.25) is 0 Å². The summed E-state index contributed by atoms with van der Waals surface area (Å²) in [5.74, 6) is 0. The summed E-state index contributed by atoms with van der Waals surface area (Å²) in [5, 5.41) is 1.95. The Morgan fingerprint density at radius 1 is 0.519 bits per heavy atom. The molecule has 0 saturated carbocycles. The number of hydrogen-bond donors (Lipinski definition) is 0. The van der Waals surface area contributed by atoms with Crippen molar-refractivity contribution in [2.75, 3.05) is 0 Å². The smallest absolute Gasteiger partial charge is 0.302 e.